The number of rotatable bonds is 2. The molecule has 0 saturated carbocycles. The van der Waals surface area contributed by atoms with E-state index in [4.69, 9.17) is 0 Å². The molecule has 4 heterocycles. The quantitative estimate of drug-likeness (QED) is 0.856. The predicted molar refractivity (Wildman–Crippen MR) is 90.2 cm³/mol. The van der Waals surface area contributed by atoms with Crippen LogP contribution >= 0.6 is 0 Å². The van der Waals surface area contributed by atoms with E-state index in [1.165, 1.54) is 0 Å². The molecule has 0 spiro atoms. The van der Waals surface area contributed by atoms with Gasteiger partial charge in [-0.15, -0.1) is 0 Å². The number of amides is 1. The van der Waals surface area contributed by atoms with E-state index in [2.05, 4.69) is 14.8 Å². The molecule has 4 nitrogen and oxygen atoms in total. The molecule has 23 heavy (non-hydrogen) atoms. The number of pyridine rings is 1. The zero-order valence-electron chi connectivity index (χ0n) is 13.2. The van der Waals surface area contributed by atoms with Crippen molar-refractivity contribution in [1.82, 2.24) is 14.8 Å². The van der Waals surface area contributed by atoms with Gasteiger partial charge in [0.15, 0.2) is 0 Å². The van der Waals surface area contributed by atoms with Gasteiger partial charge < -0.3 is 9.80 Å². The fourth-order valence-electron chi connectivity index (χ4n) is 3.68. The third-order valence-electron chi connectivity index (χ3n) is 5.02. The number of benzene rings is 1. The molecule has 118 valence electrons. The van der Waals surface area contributed by atoms with Crippen molar-refractivity contribution in [2.24, 2.45) is 0 Å². The Labute approximate surface area is 136 Å². The molecule has 1 aromatic heterocycles. The lowest BCUT2D eigenvalue weighted by atomic mass is 10.0. The second-order valence-corrected chi connectivity index (χ2v) is 6.39. The van der Waals surface area contributed by atoms with Crippen molar-refractivity contribution in [3.05, 3.63) is 54.4 Å². The minimum atomic E-state index is 0.171. The van der Waals surface area contributed by atoms with Crippen molar-refractivity contribution < 1.29 is 4.79 Å². The fourth-order valence-corrected chi connectivity index (χ4v) is 3.68. The topological polar surface area (TPSA) is 36.4 Å². The summed E-state index contributed by atoms with van der Waals surface area (Å²) in [6.07, 6.45) is 5.81. The third-order valence-corrected chi connectivity index (χ3v) is 5.02. The molecule has 5 rings (SSSR count). The average molecular weight is 307 g/mol. The maximum Gasteiger partial charge on any atom is 0.254 e. The summed E-state index contributed by atoms with van der Waals surface area (Å²) in [6.45, 7) is 4.11. The van der Waals surface area contributed by atoms with Gasteiger partial charge in [-0.25, -0.2) is 0 Å². The Morgan fingerprint density at radius 3 is 2.61 bits per heavy atom. The molecular weight excluding hydrogens is 286 g/mol. The van der Waals surface area contributed by atoms with Crippen molar-refractivity contribution in [1.29, 1.82) is 0 Å². The molecule has 0 unspecified atom stereocenters. The van der Waals surface area contributed by atoms with Gasteiger partial charge in [-0.1, -0.05) is 18.2 Å². The molecule has 4 heteroatoms. The molecule has 3 aliphatic rings. The van der Waals surface area contributed by atoms with E-state index in [1.54, 1.807) is 6.20 Å². The average Bonchev–Trinajstić information content (AvgIpc) is 2.96. The molecule has 0 aliphatic carbocycles. The van der Waals surface area contributed by atoms with Crippen molar-refractivity contribution in [3.63, 3.8) is 0 Å². The first-order valence-electron chi connectivity index (χ1n) is 8.35. The molecule has 3 saturated heterocycles. The highest BCUT2D eigenvalue weighted by Gasteiger charge is 2.32. The van der Waals surface area contributed by atoms with Gasteiger partial charge >= 0.3 is 0 Å². The maximum atomic E-state index is 13.0. The van der Waals surface area contributed by atoms with Crippen LogP contribution in [0, 0.1) is 0 Å². The molecule has 1 aromatic carbocycles. The first-order chi connectivity index (χ1) is 11.3. The van der Waals surface area contributed by atoms with Crippen LogP contribution < -0.4 is 0 Å². The van der Waals surface area contributed by atoms with Crippen LogP contribution in [0.25, 0.3) is 11.1 Å². The maximum absolute atomic E-state index is 13.0. The highest BCUT2D eigenvalue weighted by Crippen LogP contribution is 2.24. The molecule has 2 aromatic rings. The van der Waals surface area contributed by atoms with Gasteiger partial charge in [0.05, 0.1) is 0 Å². The number of carbonyl (C=O) groups excluding carboxylic acids is 1. The fraction of sp³-hybridized carbons (Fsp3) is 0.368. The zero-order chi connectivity index (χ0) is 15.6. The summed E-state index contributed by atoms with van der Waals surface area (Å²) in [5, 5.41) is 0. The first kappa shape index (κ1) is 14.4. The Morgan fingerprint density at radius 2 is 1.83 bits per heavy atom. The van der Waals surface area contributed by atoms with Gasteiger partial charge in [-0.05, 0) is 36.6 Å². The summed E-state index contributed by atoms with van der Waals surface area (Å²) in [6, 6.07) is 12.3. The minimum Gasteiger partial charge on any atom is -0.334 e. The van der Waals surface area contributed by atoms with Crippen LogP contribution in [0.4, 0.5) is 0 Å². The SMILES string of the molecule is O=C(c1cccc(-c2cccnc2)c1)N1CCN2CCC1CC2. The zero-order valence-corrected chi connectivity index (χ0v) is 13.2. The second-order valence-electron chi connectivity index (χ2n) is 6.39. The van der Waals surface area contributed by atoms with Crippen LogP contribution in [0.5, 0.6) is 0 Å². The molecule has 2 bridgehead atoms. The highest BCUT2D eigenvalue weighted by atomic mass is 16.2. The van der Waals surface area contributed by atoms with Crippen molar-refractivity contribution in [3.8, 4) is 11.1 Å². The van der Waals surface area contributed by atoms with Gasteiger partial charge in [-0.2, -0.15) is 0 Å². The van der Waals surface area contributed by atoms with Crippen LogP contribution in [0.15, 0.2) is 48.8 Å². The van der Waals surface area contributed by atoms with Crippen molar-refractivity contribution >= 4 is 5.91 Å². The van der Waals surface area contributed by atoms with E-state index < -0.39 is 0 Å². The Bertz CT molecular complexity index is 693. The molecular formula is C19H21N3O. The van der Waals surface area contributed by atoms with Gasteiger partial charge in [0.2, 0.25) is 0 Å². The smallest absolute Gasteiger partial charge is 0.254 e. The number of carbonyl (C=O) groups is 1. The van der Waals surface area contributed by atoms with Crippen LogP contribution in [0.3, 0.4) is 0 Å². The van der Waals surface area contributed by atoms with E-state index >= 15 is 0 Å². The molecule has 0 radical (unpaired) electrons. The summed E-state index contributed by atoms with van der Waals surface area (Å²) in [5.74, 6) is 0.171. The van der Waals surface area contributed by atoms with Crippen LogP contribution in [0.1, 0.15) is 23.2 Å². The summed E-state index contributed by atoms with van der Waals surface area (Å²) in [4.78, 5) is 21.7. The number of hydrogen-bond acceptors (Lipinski definition) is 3. The Morgan fingerprint density at radius 1 is 1.00 bits per heavy atom. The lowest BCUT2D eigenvalue weighted by molar-refractivity contribution is 0.0685. The van der Waals surface area contributed by atoms with Gasteiger partial charge in [0.1, 0.15) is 0 Å². The number of aromatic nitrogens is 1. The number of piperidine rings is 1. The minimum absolute atomic E-state index is 0.171. The summed E-state index contributed by atoms with van der Waals surface area (Å²) in [5.41, 5.74) is 2.88. The van der Waals surface area contributed by atoms with E-state index in [0.29, 0.717) is 6.04 Å². The number of hydrogen-bond donors (Lipinski definition) is 0. The Kier molecular flexibility index (Phi) is 3.83. The molecule has 3 aliphatic heterocycles. The molecule has 3 fully saturated rings. The monoisotopic (exact) mass is 307 g/mol. The Balaban J connectivity index is 1.61. The van der Waals surface area contributed by atoms with Crippen molar-refractivity contribution in [2.75, 3.05) is 26.2 Å². The predicted octanol–water partition coefficient (Wildman–Crippen LogP) is 2.67. The normalized spacial score (nSPS) is 23.6. The van der Waals surface area contributed by atoms with Gasteiger partial charge in [-0.3, -0.25) is 9.78 Å². The largest absolute Gasteiger partial charge is 0.334 e. The lowest BCUT2D eigenvalue weighted by Gasteiger charge is -2.31. The molecule has 1 amide bonds. The third kappa shape index (κ3) is 2.86. The van der Waals surface area contributed by atoms with Crippen LogP contribution in [-0.2, 0) is 0 Å². The summed E-state index contributed by atoms with van der Waals surface area (Å²) < 4.78 is 0. The molecule has 0 atom stereocenters. The summed E-state index contributed by atoms with van der Waals surface area (Å²) in [7, 11) is 0. The number of fused-ring (bicyclic) bond motifs is 4. The summed E-state index contributed by atoms with van der Waals surface area (Å²) >= 11 is 0. The second kappa shape index (κ2) is 6.13. The van der Waals surface area contributed by atoms with Crippen LogP contribution in [0.2, 0.25) is 0 Å². The van der Waals surface area contributed by atoms with E-state index in [1.807, 2.05) is 42.6 Å². The highest BCUT2D eigenvalue weighted by molar-refractivity contribution is 5.95. The Hall–Kier alpha value is -2.20. The van der Waals surface area contributed by atoms with Crippen LogP contribution in [-0.4, -0.2) is 52.9 Å². The van der Waals surface area contributed by atoms with E-state index in [-0.39, 0.29) is 5.91 Å². The van der Waals surface area contributed by atoms with E-state index in [9.17, 15) is 4.79 Å². The van der Waals surface area contributed by atoms with Crippen molar-refractivity contribution in [2.45, 2.75) is 18.9 Å². The number of nitrogens with zero attached hydrogens (tertiary/aromatic N) is 3. The lowest BCUT2D eigenvalue weighted by Crippen LogP contribution is -2.41. The first-order valence-corrected chi connectivity index (χ1v) is 8.35. The standard InChI is InChI=1S/C19H21N3O/c23-19(22-12-11-21-9-6-18(22)7-10-21)16-4-1-3-15(13-16)17-5-2-8-20-14-17/h1-5,8,13-14,18H,6-7,9-12H2. The van der Waals surface area contributed by atoms with E-state index in [0.717, 1.165) is 55.7 Å². The van der Waals surface area contributed by atoms with Gasteiger partial charge in [0, 0.05) is 55.7 Å². The molecule has 0 N–H and O–H groups in total. The van der Waals surface area contributed by atoms with Gasteiger partial charge in [0.25, 0.3) is 5.91 Å².